The molecular weight excluding hydrogens is 478 g/mol. The van der Waals surface area contributed by atoms with Gasteiger partial charge in [-0.05, 0) is 99.6 Å². The van der Waals surface area contributed by atoms with Gasteiger partial charge in [-0.25, -0.2) is 0 Å². The molecule has 0 radical (unpaired) electrons. The molecule has 1 unspecified atom stereocenters. The van der Waals surface area contributed by atoms with Crippen molar-refractivity contribution in [2.24, 2.45) is 11.3 Å². The highest BCUT2D eigenvalue weighted by molar-refractivity contribution is 5.99. The Morgan fingerprint density at radius 3 is 1.79 bits per heavy atom. The summed E-state index contributed by atoms with van der Waals surface area (Å²) in [5, 5.41) is 21.7. The van der Waals surface area contributed by atoms with E-state index in [-0.39, 0.29) is 46.6 Å². The molecular formula is C32H53NO5. The number of ether oxygens (including phenoxy) is 1. The molecule has 2 N–H and O–H groups in total. The number of rotatable bonds is 8. The molecule has 216 valence electrons. The number of phenolic OH excluding ortho intramolecular Hbond substituents is 1. The van der Waals surface area contributed by atoms with Crippen LogP contribution in [0.25, 0.3) is 0 Å². The van der Waals surface area contributed by atoms with Gasteiger partial charge in [0.1, 0.15) is 12.4 Å². The predicted octanol–water partition coefficient (Wildman–Crippen LogP) is 7.19. The number of carboxylic acids is 1. The molecule has 1 atom stereocenters. The highest BCUT2D eigenvalue weighted by Crippen LogP contribution is 2.50. The minimum atomic E-state index is -1.61. The molecule has 1 aromatic rings. The first kappa shape index (κ1) is 32.1. The number of piperidine rings is 1. The molecule has 38 heavy (non-hydrogen) atoms. The number of unbranched alkanes of at least 4 members (excludes halogenated alkanes) is 1. The third-order valence-corrected chi connectivity index (χ3v) is 8.83. The van der Waals surface area contributed by atoms with Gasteiger partial charge < -0.3 is 14.9 Å². The molecule has 2 rings (SSSR count). The topological polar surface area (TPSA) is 87.1 Å². The number of carboxylic acid groups (broad SMARTS) is 1. The van der Waals surface area contributed by atoms with Crippen LogP contribution >= 0.6 is 0 Å². The molecule has 0 aliphatic carbocycles. The van der Waals surface area contributed by atoms with Gasteiger partial charge in [0.25, 0.3) is 0 Å². The fourth-order valence-corrected chi connectivity index (χ4v) is 6.22. The lowest BCUT2D eigenvalue weighted by Gasteiger charge is -2.56. The van der Waals surface area contributed by atoms with Gasteiger partial charge in [-0.1, -0.05) is 61.3 Å². The lowest BCUT2D eigenvalue weighted by Crippen LogP contribution is -2.62. The molecule has 0 aromatic heterocycles. The average molecular weight is 532 g/mol. The van der Waals surface area contributed by atoms with E-state index in [0.29, 0.717) is 19.3 Å². The van der Waals surface area contributed by atoms with Crippen molar-refractivity contribution in [3.05, 3.63) is 28.8 Å². The smallest absolute Gasteiger partial charge is 0.324 e. The fourth-order valence-electron chi connectivity index (χ4n) is 6.22. The summed E-state index contributed by atoms with van der Waals surface area (Å²) in [4.78, 5) is 29.3. The Morgan fingerprint density at radius 2 is 1.42 bits per heavy atom. The van der Waals surface area contributed by atoms with Crippen LogP contribution in [0.4, 0.5) is 0 Å². The fraction of sp³-hybridized carbons (Fsp3) is 0.750. The van der Waals surface area contributed by atoms with E-state index in [2.05, 4.69) is 39.6 Å². The van der Waals surface area contributed by atoms with E-state index in [1.54, 1.807) is 0 Å². The third-order valence-electron chi connectivity index (χ3n) is 8.83. The van der Waals surface area contributed by atoms with Crippen LogP contribution < -0.4 is 0 Å². The molecule has 1 aromatic carbocycles. The summed E-state index contributed by atoms with van der Waals surface area (Å²) in [5.41, 5.74) is -0.453. The van der Waals surface area contributed by atoms with Crippen LogP contribution in [0.1, 0.15) is 125 Å². The second-order valence-corrected chi connectivity index (χ2v) is 14.8. The predicted molar refractivity (Wildman–Crippen MR) is 154 cm³/mol. The quantitative estimate of drug-likeness (QED) is 0.273. The average Bonchev–Trinajstić information content (AvgIpc) is 2.75. The van der Waals surface area contributed by atoms with Crippen molar-refractivity contribution in [3.63, 3.8) is 0 Å². The Bertz CT molecular complexity index is 974. The first-order chi connectivity index (χ1) is 17.1. The number of benzene rings is 1. The lowest BCUT2D eigenvalue weighted by atomic mass is 9.61. The molecule has 0 bridgehead atoms. The van der Waals surface area contributed by atoms with Crippen LogP contribution in [0, 0.1) is 11.3 Å². The summed E-state index contributed by atoms with van der Waals surface area (Å²) in [6, 6.07) is 3.77. The molecule has 1 aliphatic heterocycles. The number of nitrogens with zero attached hydrogens (tertiary/aromatic N) is 1. The van der Waals surface area contributed by atoms with Crippen molar-refractivity contribution in [2.45, 2.75) is 137 Å². The van der Waals surface area contributed by atoms with E-state index in [1.165, 1.54) is 0 Å². The first-order valence-electron chi connectivity index (χ1n) is 14.1. The van der Waals surface area contributed by atoms with Gasteiger partial charge in [0, 0.05) is 11.1 Å². The van der Waals surface area contributed by atoms with E-state index < -0.39 is 17.4 Å². The summed E-state index contributed by atoms with van der Waals surface area (Å²) in [6.45, 7) is 22.7. The van der Waals surface area contributed by atoms with Gasteiger partial charge in [0.2, 0.25) is 0 Å². The number of aliphatic carboxylic acids is 1. The van der Waals surface area contributed by atoms with Gasteiger partial charge >= 0.3 is 11.9 Å². The molecule has 6 heteroatoms. The van der Waals surface area contributed by atoms with Crippen LogP contribution in [0.2, 0.25) is 0 Å². The van der Waals surface area contributed by atoms with Crippen molar-refractivity contribution >= 4 is 11.9 Å². The lowest BCUT2D eigenvalue weighted by molar-refractivity contribution is -0.181. The highest BCUT2D eigenvalue weighted by Gasteiger charge is 2.58. The summed E-state index contributed by atoms with van der Waals surface area (Å²) < 4.78 is 5.93. The Balaban J connectivity index is 2.53. The van der Waals surface area contributed by atoms with E-state index in [1.807, 2.05) is 60.6 Å². The summed E-state index contributed by atoms with van der Waals surface area (Å²) in [5.74, 6) is -1.83. The largest absolute Gasteiger partial charge is 0.507 e. The number of phenols is 1. The Hall–Kier alpha value is -2.08. The van der Waals surface area contributed by atoms with Crippen molar-refractivity contribution in [3.8, 4) is 5.75 Å². The monoisotopic (exact) mass is 531 g/mol. The number of carbonyl (C=O) groups excluding carboxylic acids is 1. The van der Waals surface area contributed by atoms with Crippen LogP contribution in [0.15, 0.2) is 12.1 Å². The number of esters is 1. The number of hydrogen-bond acceptors (Lipinski definition) is 5. The maximum Gasteiger partial charge on any atom is 0.324 e. The standard InChI is InChI=1S/C32H53NO5/c1-13-14-15-32(26(35)36,22-18-30(8,9)33(12)31(10,11)19-22)27(37)38-20-21-16-23(28(2,3)4)25(34)24(17-21)29(5,6)7/h16-17,22,34H,13-15,18-20H2,1-12H3,(H,35,36). The van der Waals surface area contributed by atoms with E-state index >= 15 is 0 Å². The van der Waals surface area contributed by atoms with Crippen LogP contribution in [-0.2, 0) is 31.8 Å². The van der Waals surface area contributed by atoms with Crippen LogP contribution in [-0.4, -0.2) is 45.2 Å². The second kappa shape index (κ2) is 10.8. The third kappa shape index (κ3) is 6.38. The molecule has 1 saturated heterocycles. The van der Waals surface area contributed by atoms with Gasteiger partial charge in [-0.3, -0.25) is 14.5 Å². The van der Waals surface area contributed by atoms with E-state index in [9.17, 15) is 19.8 Å². The van der Waals surface area contributed by atoms with Gasteiger partial charge in [-0.2, -0.15) is 0 Å². The van der Waals surface area contributed by atoms with E-state index in [4.69, 9.17) is 4.74 Å². The minimum Gasteiger partial charge on any atom is -0.507 e. The zero-order chi connectivity index (χ0) is 29.5. The molecule has 0 saturated carbocycles. The van der Waals surface area contributed by atoms with Crippen molar-refractivity contribution in [1.29, 1.82) is 0 Å². The van der Waals surface area contributed by atoms with Crippen molar-refractivity contribution in [1.82, 2.24) is 4.90 Å². The molecule has 1 aliphatic rings. The highest BCUT2D eigenvalue weighted by atomic mass is 16.5. The molecule has 0 spiro atoms. The number of aromatic hydroxyl groups is 1. The Morgan fingerprint density at radius 1 is 0.974 bits per heavy atom. The van der Waals surface area contributed by atoms with Gasteiger partial charge in [0.15, 0.2) is 5.41 Å². The number of likely N-dealkylation sites (tertiary alicyclic amines) is 1. The van der Waals surface area contributed by atoms with Crippen LogP contribution in [0.5, 0.6) is 5.75 Å². The zero-order valence-electron chi connectivity index (χ0n) is 26.0. The SMILES string of the molecule is CCCCC(C(=O)O)(C(=O)OCc1cc(C(C)(C)C)c(O)c(C(C)(C)C)c1)C1CC(C)(C)N(C)C(C)(C)C1. The van der Waals surface area contributed by atoms with E-state index in [0.717, 1.165) is 23.1 Å². The summed E-state index contributed by atoms with van der Waals surface area (Å²) in [7, 11) is 2.08. The first-order valence-corrected chi connectivity index (χ1v) is 14.1. The number of hydrogen-bond donors (Lipinski definition) is 2. The second-order valence-electron chi connectivity index (χ2n) is 14.8. The maximum atomic E-state index is 14.0. The minimum absolute atomic E-state index is 0.0359. The molecule has 1 fully saturated rings. The summed E-state index contributed by atoms with van der Waals surface area (Å²) >= 11 is 0. The normalized spacial score (nSPS) is 20.1. The van der Waals surface area contributed by atoms with Crippen molar-refractivity contribution < 1.29 is 24.5 Å². The molecule has 6 nitrogen and oxygen atoms in total. The Kier molecular flexibility index (Phi) is 9.15. The Labute approximate surface area is 231 Å². The van der Waals surface area contributed by atoms with Gasteiger partial charge in [0.05, 0.1) is 0 Å². The molecule has 1 heterocycles. The van der Waals surface area contributed by atoms with Crippen molar-refractivity contribution in [2.75, 3.05) is 7.05 Å². The number of carbonyl (C=O) groups is 2. The van der Waals surface area contributed by atoms with Crippen LogP contribution in [0.3, 0.4) is 0 Å². The molecule has 0 amide bonds. The maximum absolute atomic E-state index is 14.0. The zero-order valence-corrected chi connectivity index (χ0v) is 26.0. The summed E-state index contributed by atoms with van der Waals surface area (Å²) in [6.07, 6.45) is 2.88. The van der Waals surface area contributed by atoms with Gasteiger partial charge in [-0.15, -0.1) is 0 Å².